The van der Waals surface area contributed by atoms with Crippen molar-refractivity contribution in [2.75, 3.05) is 7.05 Å². The first-order valence-electron chi connectivity index (χ1n) is 6.71. The second-order valence-corrected chi connectivity index (χ2v) is 5.07. The molecule has 2 aromatic rings. The average Bonchev–Trinajstić information content (AvgIpc) is 2.43. The Kier molecular flexibility index (Phi) is 4.99. The lowest BCUT2D eigenvalue weighted by atomic mass is 10.2. The van der Waals surface area contributed by atoms with Crippen LogP contribution in [0.15, 0.2) is 30.3 Å². The highest BCUT2D eigenvalue weighted by Crippen LogP contribution is 2.29. The summed E-state index contributed by atoms with van der Waals surface area (Å²) in [5.74, 6) is 1.61. The van der Waals surface area contributed by atoms with Gasteiger partial charge in [-0.2, -0.15) is 0 Å². The Hall–Kier alpha value is -1.58. The van der Waals surface area contributed by atoms with Crippen LogP contribution in [-0.4, -0.2) is 12.0 Å². The highest BCUT2D eigenvalue weighted by molar-refractivity contribution is 6.30. The highest BCUT2D eigenvalue weighted by atomic mass is 35.5. The van der Waals surface area contributed by atoms with E-state index in [1.54, 1.807) is 0 Å². The van der Waals surface area contributed by atoms with Crippen molar-refractivity contribution in [1.82, 2.24) is 10.3 Å². The monoisotopic (exact) mass is 290 g/mol. The maximum absolute atomic E-state index is 6.04. The number of pyridine rings is 1. The lowest BCUT2D eigenvalue weighted by molar-refractivity contribution is 0.465. The van der Waals surface area contributed by atoms with Crippen molar-refractivity contribution in [2.45, 2.75) is 26.8 Å². The number of ether oxygens (including phenoxy) is 1. The molecule has 0 saturated heterocycles. The number of hydrogen-bond acceptors (Lipinski definition) is 3. The fourth-order valence-corrected chi connectivity index (χ4v) is 2.23. The van der Waals surface area contributed by atoms with E-state index in [2.05, 4.69) is 17.2 Å². The number of hydrogen-bond donors (Lipinski definition) is 1. The molecule has 0 saturated carbocycles. The third kappa shape index (κ3) is 3.50. The summed E-state index contributed by atoms with van der Waals surface area (Å²) >= 11 is 6.04. The van der Waals surface area contributed by atoms with Gasteiger partial charge in [-0.25, -0.2) is 0 Å². The van der Waals surface area contributed by atoms with E-state index < -0.39 is 0 Å². The first-order chi connectivity index (χ1) is 9.63. The molecule has 1 heterocycles. The number of halogens is 1. The summed E-state index contributed by atoms with van der Waals surface area (Å²) < 4.78 is 6.03. The molecule has 106 valence electrons. The zero-order chi connectivity index (χ0) is 14.5. The standard InChI is InChI=1S/C16H19ClN2O/c1-4-14-16(7-5-11(2)19-14)20-15-8-6-13(17)9-12(15)10-18-3/h5-9,18H,4,10H2,1-3H3. The fourth-order valence-electron chi connectivity index (χ4n) is 2.04. The predicted octanol–water partition coefficient (Wildman–Crippen LogP) is 4.12. The third-order valence-electron chi connectivity index (χ3n) is 3.02. The second kappa shape index (κ2) is 6.73. The van der Waals surface area contributed by atoms with Gasteiger partial charge >= 0.3 is 0 Å². The van der Waals surface area contributed by atoms with Gasteiger partial charge in [0.05, 0.1) is 5.69 Å². The predicted molar refractivity (Wildman–Crippen MR) is 82.6 cm³/mol. The Morgan fingerprint density at radius 1 is 1.20 bits per heavy atom. The molecule has 0 bridgehead atoms. The Bertz CT molecular complexity index is 599. The van der Waals surface area contributed by atoms with Crippen molar-refractivity contribution in [1.29, 1.82) is 0 Å². The normalized spacial score (nSPS) is 10.6. The molecule has 1 N–H and O–H groups in total. The molecule has 4 heteroatoms. The molecule has 0 aliphatic rings. The second-order valence-electron chi connectivity index (χ2n) is 4.64. The van der Waals surface area contributed by atoms with Gasteiger partial charge in [-0.1, -0.05) is 18.5 Å². The van der Waals surface area contributed by atoms with Crippen molar-refractivity contribution in [3.8, 4) is 11.5 Å². The Morgan fingerprint density at radius 3 is 2.65 bits per heavy atom. The third-order valence-corrected chi connectivity index (χ3v) is 3.25. The lowest BCUT2D eigenvalue weighted by Crippen LogP contribution is -2.07. The molecule has 0 atom stereocenters. The Balaban J connectivity index is 2.34. The quantitative estimate of drug-likeness (QED) is 0.899. The van der Waals surface area contributed by atoms with Gasteiger partial charge in [0.2, 0.25) is 0 Å². The van der Waals surface area contributed by atoms with E-state index in [0.717, 1.165) is 34.9 Å². The van der Waals surface area contributed by atoms with Gasteiger partial charge in [-0.3, -0.25) is 4.98 Å². The largest absolute Gasteiger partial charge is 0.455 e. The molecule has 0 radical (unpaired) electrons. The first-order valence-corrected chi connectivity index (χ1v) is 7.09. The Morgan fingerprint density at radius 2 is 1.95 bits per heavy atom. The summed E-state index contributed by atoms with van der Waals surface area (Å²) in [7, 11) is 1.90. The van der Waals surface area contributed by atoms with Crippen molar-refractivity contribution in [2.24, 2.45) is 0 Å². The van der Waals surface area contributed by atoms with Crippen LogP contribution in [0, 0.1) is 6.92 Å². The molecule has 0 spiro atoms. The SMILES string of the molecule is CCc1nc(C)ccc1Oc1ccc(Cl)cc1CNC. The van der Waals surface area contributed by atoms with Crippen LogP contribution in [0.4, 0.5) is 0 Å². The minimum Gasteiger partial charge on any atom is -0.455 e. The summed E-state index contributed by atoms with van der Waals surface area (Å²) in [6, 6.07) is 9.58. The van der Waals surface area contributed by atoms with E-state index in [9.17, 15) is 0 Å². The summed E-state index contributed by atoms with van der Waals surface area (Å²) in [4.78, 5) is 4.51. The minimum absolute atomic E-state index is 0.705. The molecule has 0 aliphatic carbocycles. The van der Waals surface area contributed by atoms with Gasteiger partial charge in [0.1, 0.15) is 11.5 Å². The Labute approximate surface area is 124 Å². The zero-order valence-corrected chi connectivity index (χ0v) is 12.8. The molecular formula is C16H19ClN2O. The molecule has 0 unspecified atom stereocenters. The first kappa shape index (κ1) is 14.8. The van der Waals surface area contributed by atoms with E-state index >= 15 is 0 Å². The average molecular weight is 291 g/mol. The van der Waals surface area contributed by atoms with E-state index in [0.29, 0.717) is 11.6 Å². The van der Waals surface area contributed by atoms with Crippen LogP contribution in [0.1, 0.15) is 23.9 Å². The molecule has 0 aliphatic heterocycles. The summed E-state index contributed by atoms with van der Waals surface area (Å²) in [5, 5.41) is 3.83. The highest BCUT2D eigenvalue weighted by Gasteiger charge is 2.09. The smallest absolute Gasteiger partial charge is 0.148 e. The maximum Gasteiger partial charge on any atom is 0.148 e. The fraction of sp³-hybridized carbons (Fsp3) is 0.312. The number of aryl methyl sites for hydroxylation is 2. The van der Waals surface area contributed by atoms with Gasteiger partial charge in [0.15, 0.2) is 0 Å². The number of nitrogens with zero attached hydrogens (tertiary/aromatic N) is 1. The van der Waals surface area contributed by atoms with E-state index in [-0.39, 0.29) is 0 Å². The molecule has 1 aromatic heterocycles. The molecule has 0 amide bonds. The lowest BCUT2D eigenvalue weighted by Gasteiger charge is -2.14. The van der Waals surface area contributed by atoms with Crippen molar-refractivity contribution < 1.29 is 4.74 Å². The van der Waals surface area contributed by atoms with Crippen LogP contribution >= 0.6 is 11.6 Å². The van der Waals surface area contributed by atoms with Gasteiger partial charge in [-0.15, -0.1) is 0 Å². The van der Waals surface area contributed by atoms with Crippen LogP contribution in [0.25, 0.3) is 0 Å². The molecule has 1 aromatic carbocycles. The number of benzene rings is 1. The summed E-state index contributed by atoms with van der Waals surface area (Å²) in [6.45, 7) is 4.76. The van der Waals surface area contributed by atoms with Gasteiger partial charge < -0.3 is 10.1 Å². The molecule has 0 fully saturated rings. The molecule has 2 rings (SSSR count). The number of nitrogens with one attached hydrogen (secondary N) is 1. The summed E-state index contributed by atoms with van der Waals surface area (Å²) in [5.41, 5.74) is 3.00. The van der Waals surface area contributed by atoms with Crippen LogP contribution in [-0.2, 0) is 13.0 Å². The topological polar surface area (TPSA) is 34.1 Å². The van der Waals surface area contributed by atoms with Crippen molar-refractivity contribution in [3.63, 3.8) is 0 Å². The van der Waals surface area contributed by atoms with Crippen LogP contribution in [0.5, 0.6) is 11.5 Å². The van der Waals surface area contributed by atoms with E-state index in [1.165, 1.54) is 0 Å². The number of rotatable bonds is 5. The molecule has 20 heavy (non-hydrogen) atoms. The van der Waals surface area contributed by atoms with Gasteiger partial charge in [0.25, 0.3) is 0 Å². The van der Waals surface area contributed by atoms with Gasteiger partial charge in [-0.05, 0) is 50.7 Å². The van der Waals surface area contributed by atoms with E-state index in [4.69, 9.17) is 16.3 Å². The molecule has 3 nitrogen and oxygen atoms in total. The molecular weight excluding hydrogens is 272 g/mol. The van der Waals surface area contributed by atoms with Crippen LogP contribution < -0.4 is 10.1 Å². The van der Waals surface area contributed by atoms with Crippen molar-refractivity contribution in [3.05, 3.63) is 52.3 Å². The van der Waals surface area contributed by atoms with E-state index in [1.807, 2.05) is 44.3 Å². The van der Waals surface area contributed by atoms with Crippen LogP contribution in [0.3, 0.4) is 0 Å². The maximum atomic E-state index is 6.04. The number of aromatic nitrogens is 1. The summed E-state index contributed by atoms with van der Waals surface area (Å²) in [6.07, 6.45) is 0.839. The van der Waals surface area contributed by atoms with Crippen molar-refractivity contribution >= 4 is 11.6 Å². The van der Waals surface area contributed by atoms with Gasteiger partial charge in [0, 0.05) is 22.8 Å². The minimum atomic E-state index is 0.705. The van der Waals surface area contributed by atoms with Crippen LogP contribution in [0.2, 0.25) is 5.02 Å². The zero-order valence-electron chi connectivity index (χ0n) is 12.0.